The molecule has 2 aliphatic rings. The summed E-state index contributed by atoms with van der Waals surface area (Å²) in [4.78, 5) is 31.6. The number of hydrogen-bond donors (Lipinski definition) is 0. The van der Waals surface area contributed by atoms with E-state index in [9.17, 15) is 14.0 Å². The van der Waals surface area contributed by atoms with Gasteiger partial charge >= 0.3 is 0 Å². The zero-order valence-corrected chi connectivity index (χ0v) is 22.9. The highest BCUT2D eigenvalue weighted by Crippen LogP contribution is 2.28. The van der Waals surface area contributed by atoms with Crippen molar-refractivity contribution in [2.45, 2.75) is 52.4 Å². The number of benzene rings is 2. The predicted octanol–water partition coefficient (Wildman–Crippen LogP) is 5.72. The summed E-state index contributed by atoms with van der Waals surface area (Å²) in [5.74, 6) is 0.601. The summed E-state index contributed by atoms with van der Waals surface area (Å²) < 4.78 is 13.2. The number of carbonyl (C=O) groups is 2. The number of carbonyl (C=O) groups excluding carboxylic acids is 2. The van der Waals surface area contributed by atoms with Gasteiger partial charge in [0.25, 0.3) is 0 Å². The summed E-state index contributed by atoms with van der Waals surface area (Å²) in [6.45, 7) is 8.56. The van der Waals surface area contributed by atoms with Crippen LogP contribution in [0, 0.1) is 24.6 Å². The van der Waals surface area contributed by atoms with E-state index in [0.717, 1.165) is 56.6 Å². The zero-order valence-electron chi connectivity index (χ0n) is 22.1. The molecule has 0 spiro atoms. The third kappa shape index (κ3) is 7.55. The van der Waals surface area contributed by atoms with E-state index in [1.165, 1.54) is 5.56 Å². The molecule has 200 valence electrons. The monoisotopic (exact) mass is 526 g/mol. The van der Waals surface area contributed by atoms with Gasteiger partial charge in [0, 0.05) is 43.2 Å². The minimum Gasteiger partial charge on any atom is -0.343 e. The normalized spacial score (nSPS) is 17.7. The van der Waals surface area contributed by atoms with Gasteiger partial charge in [0.05, 0.1) is 0 Å². The Morgan fingerprint density at radius 3 is 2.30 bits per heavy atom. The van der Waals surface area contributed by atoms with E-state index in [2.05, 4.69) is 4.90 Å². The van der Waals surface area contributed by atoms with Crippen LogP contribution in [-0.4, -0.2) is 60.9 Å². The molecule has 7 heteroatoms. The first kappa shape index (κ1) is 27.6. The molecule has 2 heterocycles. The molecule has 4 rings (SSSR count). The van der Waals surface area contributed by atoms with Crippen molar-refractivity contribution in [1.82, 2.24) is 9.80 Å². The first-order valence-electron chi connectivity index (χ1n) is 13.6. The molecule has 37 heavy (non-hydrogen) atoms. The molecule has 0 saturated carbocycles. The Bertz CT molecular complexity index is 1060. The number of rotatable bonds is 8. The summed E-state index contributed by atoms with van der Waals surface area (Å²) in [5, 5.41) is 0.671. The van der Waals surface area contributed by atoms with Crippen LogP contribution in [0.15, 0.2) is 42.5 Å². The maximum absolute atomic E-state index is 13.6. The Morgan fingerprint density at radius 2 is 1.68 bits per heavy atom. The van der Waals surface area contributed by atoms with Gasteiger partial charge in [0.2, 0.25) is 11.8 Å². The molecular weight excluding hydrogens is 488 g/mol. The molecule has 0 radical (unpaired) electrons. The molecule has 0 aliphatic carbocycles. The third-order valence-corrected chi connectivity index (χ3v) is 8.43. The summed E-state index contributed by atoms with van der Waals surface area (Å²) in [6, 6.07) is 12.8. The molecule has 0 aromatic heterocycles. The van der Waals surface area contributed by atoms with Crippen LogP contribution in [0.25, 0.3) is 0 Å². The van der Waals surface area contributed by atoms with Gasteiger partial charge in [-0.25, -0.2) is 4.39 Å². The van der Waals surface area contributed by atoms with Crippen molar-refractivity contribution >= 4 is 29.1 Å². The van der Waals surface area contributed by atoms with Crippen molar-refractivity contribution in [2.24, 2.45) is 11.8 Å². The molecule has 2 amide bonds. The van der Waals surface area contributed by atoms with Crippen LogP contribution in [0.4, 0.5) is 10.1 Å². The first-order chi connectivity index (χ1) is 17.8. The standard InChI is InChI=1S/C30H39ClFN3O2/c1-22-4-9-28(21-29(22)31)35(30(37)26-12-18-34(19-13-26)23(2)36)15-3-14-33-16-10-25(11-17-33)20-24-5-7-27(32)8-6-24/h4-9,21,25-26H,3,10-20H2,1-2H3/i32-1. The Hall–Kier alpha value is -2.44. The molecule has 2 aromatic carbocycles. The molecule has 5 nitrogen and oxygen atoms in total. The summed E-state index contributed by atoms with van der Waals surface area (Å²) in [5.41, 5.74) is 3.06. The quantitative estimate of drug-likeness (QED) is 0.441. The average Bonchev–Trinajstić information content (AvgIpc) is 2.90. The van der Waals surface area contributed by atoms with Gasteiger partial charge < -0.3 is 14.7 Å². The SMILES string of the molecule is CC(=O)N1CCC(C(=O)N(CCCN2CCC(Cc3ccc([18F])cc3)CC2)c2ccc(C)c(Cl)c2)CC1. The number of likely N-dealkylation sites (tertiary alicyclic amines) is 2. The van der Waals surface area contributed by atoms with Crippen LogP contribution in [0.3, 0.4) is 0 Å². The fourth-order valence-corrected chi connectivity index (χ4v) is 5.77. The molecule has 0 N–H and O–H groups in total. The van der Waals surface area contributed by atoms with Crippen molar-refractivity contribution in [3.8, 4) is 0 Å². The number of nitrogens with zero attached hydrogens (tertiary/aromatic N) is 3. The first-order valence-corrected chi connectivity index (χ1v) is 14.0. The lowest BCUT2D eigenvalue weighted by Crippen LogP contribution is -2.45. The molecule has 0 atom stereocenters. The highest BCUT2D eigenvalue weighted by molar-refractivity contribution is 6.31. The lowest BCUT2D eigenvalue weighted by Gasteiger charge is -2.35. The number of amides is 2. The second-order valence-electron chi connectivity index (χ2n) is 10.7. The zero-order chi connectivity index (χ0) is 26.4. The maximum Gasteiger partial charge on any atom is 0.230 e. The lowest BCUT2D eigenvalue weighted by molar-refractivity contribution is -0.133. The van der Waals surface area contributed by atoms with E-state index in [1.54, 1.807) is 19.1 Å². The number of halogens is 2. The van der Waals surface area contributed by atoms with Gasteiger partial charge in [-0.3, -0.25) is 9.59 Å². The van der Waals surface area contributed by atoms with E-state index >= 15 is 0 Å². The number of aryl methyl sites for hydroxylation is 1. The largest absolute Gasteiger partial charge is 0.343 e. The molecule has 2 fully saturated rings. The van der Waals surface area contributed by atoms with E-state index in [-0.39, 0.29) is 23.5 Å². The molecule has 2 aliphatic heterocycles. The van der Waals surface area contributed by atoms with Gasteiger partial charge in [0.1, 0.15) is 5.82 Å². The molecule has 2 aromatic rings. The number of piperidine rings is 2. The van der Waals surface area contributed by atoms with Crippen molar-refractivity contribution in [3.63, 3.8) is 0 Å². The molecule has 0 unspecified atom stereocenters. The maximum atomic E-state index is 13.6. The summed E-state index contributed by atoms with van der Waals surface area (Å²) in [6.07, 6.45) is 5.59. The second-order valence-corrected chi connectivity index (χ2v) is 11.1. The average molecular weight is 527 g/mol. The van der Waals surface area contributed by atoms with Crippen LogP contribution in [0.5, 0.6) is 0 Å². The highest BCUT2D eigenvalue weighted by Gasteiger charge is 2.30. The summed E-state index contributed by atoms with van der Waals surface area (Å²) in [7, 11) is 0. The fraction of sp³-hybridized carbons (Fsp3) is 0.533. The third-order valence-electron chi connectivity index (χ3n) is 8.02. The topological polar surface area (TPSA) is 43.9 Å². The Labute approximate surface area is 225 Å². The van der Waals surface area contributed by atoms with Gasteiger partial charge in [-0.05, 0) is 106 Å². The molecule has 2 saturated heterocycles. The van der Waals surface area contributed by atoms with Crippen LogP contribution < -0.4 is 4.90 Å². The molecule has 0 bridgehead atoms. The van der Waals surface area contributed by atoms with Crippen LogP contribution in [0.2, 0.25) is 5.02 Å². The van der Waals surface area contributed by atoms with Crippen molar-refractivity contribution in [3.05, 3.63) is 64.4 Å². The minimum absolute atomic E-state index is 0.0714. The van der Waals surface area contributed by atoms with Gasteiger partial charge in [-0.1, -0.05) is 29.8 Å². The Morgan fingerprint density at radius 1 is 1.00 bits per heavy atom. The van der Waals surface area contributed by atoms with Crippen molar-refractivity contribution in [2.75, 3.05) is 44.2 Å². The van der Waals surface area contributed by atoms with Crippen molar-refractivity contribution < 1.29 is 14.0 Å². The lowest BCUT2D eigenvalue weighted by atomic mass is 9.90. The van der Waals surface area contributed by atoms with E-state index in [1.807, 2.05) is 47.1 Å². The smallest absolute Gasteiger partial charge is 0.230 e. The van der Waals surface area contributed by atoms with E-state index < -0.39 is 0 Å². The fourth-order valence-electron chi connectivity index (χ4n) is 5.60. The summed E-state index contributed by atoms with van der Waals surface area (Å²) >= 11 is 6.43. The van der Waals surface area contributed by atoms with Gasteiger partial charge in [-0.2, -0.15) is 0 Å². The highest BCUT2D eigenvalue weighted by atomic mass is 35.5. The van der Waals surface area contributed by atoms with E-state index in [4.69, 9.17) is 11.6 Å². The van der Waals surface area contributed by atoms with Gasteiger partial charge in [-0.15, -0.1) is 0 Å². The second kappa shape index (κ2) is 12.9. The Kier molecular flexibility index (Phi) is 9.60. The van der Waals surface area contributed by atoms with Gasteiger partial charge in [0.15, 0.2) is 0 Å². The predicted molar refractivity (Wildman–Crippen MR) is 147 cm³/mol. The van der Waals surface area contributed by atoms with Crippen molar-refractivity contribution in [1.29, 1.82) is 0 Å². The van der Waals surface area contributed by atoms with Crippen LogP contribution in [0.1, 0.15) is 50.2 Å². The van der Waals surface area contributed by atoms with E-state index in [0.29, 0.717) is 43.4 Å². The number of anilines is 1. The minimum atomic E-state index is -0.180. The van der Waals surface area contributed by atoms with Crippen LogP contribution >= 0.6 is 11.6 Å². The Balaban J connectivity index is 1.31. The number of hydrogen-bond acceptors (Lipinski definition) is 3. The van der Waals surface area contributed by atoms with Crippen LogP contribution in [-0.2, 0) is 16.0 Å². The molecular formula is C30H39ClFN3O2.